The lowest BCUT2D eigenvalue weighted by atomic mass is 10.3. The molecule has 0 aliphatic rings. The van der Waals surface area contributed by atoms with Gasteiger partial charge in [-0.05, 0) is 12.8 Å². The summed E-state index contributed by atoms with van der Waals surface area (Å²) in [6.07, 6.45) is -3.33. The molecule has 0 N–H and O–H groups in total. The van der Waals surface area contributed by atoms with E-state index < -0.39 is 22.4 Å². The number of sulfone groups is 1. The molecule has 0 unspecified atom stereocenters. The molecule has 0 rings (SSSR count). The van der Waals surface area contributed by atoms with Crippen LogP contribution in [0.15, 0.2) is 0 Å². The molecule has 0 heterocycles. The van der Waals surface area contributed by atoms with E-state index in [1.165, 1.54) is 0 Å². The number of halogens is 3. The third kappa shape index (κ3) is 10.0. The Bertz CT molecular complexity index is 257. The van der Waals surface area contributed by atoms with Crippen LogP contribution in [0.1, 0.15) is 39.0 Å². The molecule has 6 heteroatoms. The van der Waals surface area contributed by atoms with Crippen molar-refractivity contribution in [1.82, 2.24) is 0 Å². The lowest BCUT2D eigenvalue weighted by Gasteiger charge is -2.06. The van der Waals surface area contributed by atoms with E-state index in [2.05, 4.69) is 0 Å². The average molecular weight is 246 g/mol. The normalized spacial score (nSPS) is 13.1. The quantitative estimate of drug-likeness (QED) is 0.647. The zero-order chi connectivity index (χ0) is 11.9. The van der Waals surface area contributed by atoms with Crippen LogP contribution in [0, 0.1) is 0 Å². The second kappa shape index (κ2) is 6.35. The van der Waals surface area contributed by atoms with Crippen LogP contribution in [-0.2, 0) is 9.84 Å². The Hall–Kier alpha value is -0.260. The highest BCUT2D eigenvalue weighted by Crippen LogP contribution is 2.21. The standard InChI is InChI=1S/C9H17F3O2S/c1-2-3-4-7-15(13,14)8-5-6-9(10,11)12/h2-8H2,1H3. The summed E-state index contributed by atoms with van der Waals surface area (Å²) in [6, 6.07) is 0. The van der Waals surface area contributed by atoms with Gasteiger partial charge in [-0.1, -0.05) is 19.8 Å². The lowest BCUT2D eigenvalue weighted by Crippen LogP contribution is -2.14. The summed E-state index contributed by atoms with van der Waals surface area (Å²) in [5.41, 5.74) is 0. The van der Waals surface area contributed by atoms with E-state index in [0.717, 1.165) is 12.8 Å². The Kier molecular flexibility index (Phi) is 6.24. The third-order valence-corrected chi connectivity index (χ3v) is 3.80. The molecule has 0 radical (unpaired) electrons. The molecule has 92 valence electrons. The van der Waals surface area contributed by atoms with Crippen molar-refractivity contribution in [2.45, 2.75) is 45.2 Å². The highest BCUT2D eigenvalue weighted by Gasteiger charge is 2.27. The van der Waals surface area contributed by atoms with Gasteiger partial charge in [-0.2, -0.15) is 13.2 Å². The molecule has 0 aromatic heterocycles. The van der Waals surface area contributed by atoms with Gasteiger partial charge in [0.05, 0.1) is 11.5 Å². The minimum Gasteiger partial charge on any atom is -0.229 e. The lowest BCUT2D eigenvalue weighted by molar-refractivity contribution is -0.134. The van der Waals surface area contributed by atoms with Crippen molar-refractivity contribution in [2.24, 2.45) is 0 Å². The van der Waals surface area contributed by atoms with Gasteiger partial charge in [-0.3, -0.25) is 0 Å². The first kappa shape index (κ1) is 14.7. The van der Waals surface area contributed by atoms with Gasteiger partial charge in [-0.25, -0.2) is 8.42 Å². The van der Waals surface area contributed by atoms with Crippen LogP contribution in [0.25, 0.3) is 0 Å². The van der Waals surface area contributed by atoms with Crippen LogP contribution in [0.3, 0.4) is 0 Å². The highest BCUT2D eigenvalue weighted by atomic mass is 32.2. The van der Waals surface area contributed by atoms with E-state index in [-0.39, 0.29) is 17.9 Å². The van der Waals surface area contributed by atoms with Crippen molar-refractivity contribution < 1.29 is 21.6 Å². The molecule has 15 heavy (non-hydrogen) atoms. The fourth-order valence-corrected chi connectivity index (χ4v) is 2.60. The molecule has 0 atom stereocenters. The van der Waals surface area contributed by atoms with E-state index in [1.54, 1.807) is 0 Å². The van der Waals surface area contributed by atoms with Crippen LogP contribution in [0.4, 0.5) is 13.2 Å². The monoisotopic (exact) mass is 246 g/mol. The number of rotatable bonds is 7. The van der Waals surface area contributed by atoms with Crippen molar-refractivity contribution in [1.29, 1.82) is 0 Å². The van der Waals surface area contributed by atoms with E-state index in [9.17, 15) is 21.6 Å². The van der Waals surface area contributed by atoms with E-state index in [0.29, 0.717) is 6.42 Å². The predicted octanol–water partition coefficient (Wildman–Crippen LogP) is 2.93. The zero-order valence-corrected chi connectivity index (χ0v) is 9.62. The first-order valence-corrected chi connectivity index (χ1v) is 6.86. The maximum absolute atomic E-state index is 11.7. The Morgan fingerprint density at radius 2 is 1.53 bits per heavy atom. The number of unbranched alkanes of at least 4 members (excludes halogenated alkanes) is 2. The number of hydrogen-bond acceptors (Lipinski definition) is 2. The van der Waals surface area contributed by atoms with Crippen LogP contribution >= 0.6 is 0 Å². The Morgan fingerprint density at radius 1 is 1.00 bits per heavy atom. The number of hydrogen-bond donors (Lipinski definition) is 0. The van der Waals surface area contributed by atoms with Gasteiger partial charge in [-0.15, -0.1) is 0 Å². The molecule has 0 spiro atoms. The summed E-state index contributed by atoms with van der Waals surface area (Å²) >= 11 is 0. The van der Waals surface area contributed by atoms with Gasteiger partial charge in [0.2, 0.25) is 0 Å². The van der Waals surface area contributed by atoms with Crippen molar-refractivity contribution in [3.8, 4) is 0 Å². The van der Waals surface area contributed by atoms with Crippen molar-refractivity contribution in [2.75, 3.05) is 11.5 Å². The Morgan fingerprint density at radius 3 is 2.00 bits per heavy atom. The molecule has 2 nitrogen and oxygen atoms in total. The molecule has 0 aromatic carbocycles. The minimum absolute atomic E-state index is 0.0126. The average Bonchev–Trinajstić information content (AvgIpc) is 2.01. The maximum Gasteiger partial charge on any atom is 0.389 e. The van der Waals surface area contributed by atoms with Crippen molar-refractivity contribution in [3.05, 3.63) is 0 Å². The fraction of sp³-hybridized carbons (Fsp3) is 1.00. The predicted molar refractivity (Wildman–Crippen MR) is 53.5 cm³/mol. The van der Waals surface area contributed by atoms with Gasteiger partial charge >= 0.3 is 6.18 Å². The molecule has 0 aliphatic heterocycles. The molecular weight excluding hydrogens is 229 g/mol. The van der Waals surface area contributed by atoms with Gasteiger partial charge in [0.15, 0.2) is 0 Å². The molecule has 0 saturated carbocycles. The third-order valence-electron chi connectivity index (χ3n) is 1.97. The summed E-state index contributed by atoms with van der Waals surface area (Å²) in [7, 11) is -3.28. The van der Waals surface area contributed by atoms with Crippen LogP contribution in [0.5, 0.6) is 0 Å². The largest absolute Gasteiger partial charge is 0.389 e. The molecule has 0 fully saturated rings. The molecule has 0 aliphatic carbocycles. The van der Waals surface area contributed by atoms with E-state index in [1.807, 2.05) is 6.92 Å². The first-order chi connectivity index (χ1) is 6.77. The number of alkyl halides is 3. The van der Waals surface area contributed by atoms with Gasteiger partial charge < -0.3 is 0 Å². The van der Waals surface area contributed by atoms with Gasteiger partial charge in [0, 0.05) is 6.42 Å². The van der Waals surface area contributed by atoms with Crippen LogP contribution < -0.4 is 0 Å². The van der Waals surface area contributed by atoms with Crippen LogP contribution in [-0.4, -0.2) is 26.1 Å². The summed E-state index contributed by atoms with van der Waals surface area (Å²) in [5.74, 6) is -0.338. The van der Waals surface area contributed by atoms with Gasteiger partial charge in [0.1, 0.15) is 9.84 Å². The smallest absolute Gasteiger partial charge is 0.229 e. The molecule has 0 saturated heterocycles. The fourth-order valence-electron chi connectivity index (χ4n) is 1.17. The Balaban J connectivity index is 3.75. The minimum atomic E-state index is -4.25. The summed E-state index contributed by atoms with van der Waals surface area (Å²) in [6.45, 7) is 1.94. The maximum atomic E-state index is 11.7. The van der Waals surface area contributed by atoms with Crippen LogP contribution in [0.2, 0.25) is 0 Å². The first-order valence-electron chi connectivity index (χ1n) is 5.04. The summed E-state index contributed by atoms with van der Waals surface area (Å²) in [5, 5.41) is 0. The zero-order valence-electron chi connectivity index (χ0n) is 8.81. The summed E-state index contributed by atoms with van der Waals surface area (Å²) < 4.78 is 57.7. The SMILES string of the molecule is CCCCCS(=O)(=O)CCCC(F)(F)F. The van der Waals surface area contributed by atoms with E-state index in [4.69, 9.17) is 0 Å². The summed E-state index contributed by atoms with van der Waals surface area (Å²) in [4.78, 5) is 0. The van der Waals surface area contributed by atoms with Crippen molar-refractivity contribution in [3.63, 3.8) is 0 Å². The molecular formula is C9H17F3O2S. The molecule has 0 bridgehead atoms. The van der Waals surface area contributed by atoms with E-state index >= 15 is 0 Å². The Labute approximate surface area is 88.8 Å². The molecule has 0 aromatic rings. The second-order valence-electron chi connectivity index (χ2n) is 3.58. The van der Waals surface area contributed by atoms with Crippen molar-refractivity contribution >= 4 is 9.84 Å². The second-order valence-corrected chi connectivity index (χ2v) is 5.88. The van der Waals surface area contributed by atoms with Gasteiger partial charge in [0.25, 0.3) is 0 Å². The topological polar surface area (TPSA) is 34.1 Å². The molecule has 0 amide bonds. The highest BCUT2D eigenvalue weighted by molar-refractivity contribution is 7.91.